The van der Waals surface area contributed by atoms with Crippen LogP contribution in [-0.2, 0) is 9.47 Å². The summed E-state index contributed by atoms with van der Waals surface area (Å²) >= 11 is 0. The molecule has 0 spiro atoms. The molecule has 11 N–H and O–H groups in total. The molecule has 0 bridgehead atoms. The van der Waals surface area contributed by atoms with E-state index in [0.717, 1.165) is 42.5 Å². The average Bonchev–Trinajstić information content (AvgIpc) is 2.97. The van der Waals surface area contributed by atoms with Gasteiger partial charge in [-0.1, -0.05) is 0 Å². The molecule has 5 atom stereocenters. The van der Waals surface area contributed by atoms with Crippen molar-refractivity contribution in [2.75, 3.05) is 6.61 Å². The van der Waals surface area contributed by atoms with Gasteiger partial charge in [0.1, 0.15) is 35.2 Å². The van der Waals surface area contributed by atoms with Gasteiger partial charge in [0.25, 0.3) is 0 Å². The number of fused-ring (bicyclic) bond motifs is 1. The van der Waals surface area contributed by atoms with Crippen LogP contribution in [-0.4, -0.2) is 99.5 Å². The van der Waals surface area contributed by atoms with E-state index in [2.05, 4.69) is 0 Å². The smallest absolute Gasteiger partial charge is 0.402 e. The van der Waals surface area contributed by atoms with Gasteiger partial charge >= 0.3 is 17.3 Å². The third kappa shape index (κ3) is 5.40. The zero-order valence-corrected chi connectivity index (χ0v) is 22.1. The van der Waals surface area contributed by atoms with Gasteiger partial charge in [0, 0.05) is 24.3 Å². The molecule has 2 heterocycles. The Hall–Kier alpha value is -5.42. The Morgan fingerprint density at radius 1 is 0.773 bits per heavy atom. The van der Waals surface area contributed by atoms with Gasteiger partial charge in [0.05, 0.1) is 23.8 Å². The fraction of sp³-hybridized carbons (Fsp3) is 0.214. The summed E-state index contributed by atoms with van der Waals surface area (Å²) in [6, 6.07) is 6.69. The summed E-state index contributed by atoms with van der Waals surface area (Å²) in [6.07, 6.45) is -9.03. The molecule has 1 fully saturated rings. The lowest BCUT2D eigenvalue weighted by atomic mass is 9.99. The van der Waals surface area contributed by atoms with Gasteiger partial charge in [-0.15, -0.1) is 0 Å². The summed E-state index contributed by atoms with van der Waals surface area (Å²) < 4.78 is 22.6. The normalized spacial score (nSPS) is 21.7. The molecule has 232 valence electrons. The second kappa shape index (κ2) is 11.3. The van der Waals surface area contributed by atoms with E-state index in [9.17, 15) is 61.0 Å². The van der Waals surface area contributed by atoms with Gasteiger partial charge in [-0.25, -0.2) is 9.21 Å². The quantitative estimate of drug-likeness (QED) is 0.0819. The molecule has 16 nitrogen and oxygen atoms in total. The molecule has 1 aromatic heterocycles. The molecule has 16 heteroatoms. The summed E-state index contributed by atoms with van der Waals surface area (Å²) in [4.78, 5) is 12.9. The van der Waals surface area contributed by atoms with Gasteiger partial charge in [-0.3, -0.25) is 0 Å². The first kappa shape index (κ1) is 30.1. The van der Waals surface area contributed by atoms with E-state index < -0.39 is 94.8 Å². The Balaban J connectivity index is 1.61. The minimum absolute atomic E-state index is 0.0486. The largest absolute Gasteiger partial charge is 0.507 e. The highest BCUT2D eigenvalue weighted by molar-refractivity contribution is 5.91. The van der Waals surface area contributed by atoms with E-state index in [1.807, 2.05) is 0 Å². The summed E-state index contributed by atoms with van der Waals surface area (Å²) in [6.45, 7) is -0.840. The van der Waals surface area contributed by atoms with Crippen molar-refractivity contribution in [3.05, 3.63) is 48.0 Å². The third-order valence-electron chi connectivity index (χ3n) is 6.76. The molecular formula is C28H25O16+. The zero-order chi connectivity index (χ0) is 32.0. The van der Waals surface area contributed by atoms with Crippen LogP contribution in [0.4, 0.5) is 0 Å². The van der Waals surface area contributed by atoms with E-state index >= 15 is 0 Å². The minimum atomic E-state index is -1.97. The lowest BCUT2D eigenvalue weighted by Crippen LogP contribution is -2.61. The van der Waals surface area contributed by atoms with E-state index in [-0.39, 0.29) is 28.0 Å². The Bertz CT molecular complexity index is 1710. The van der Waals surface area contributed by atoms with Crippen molar-refractivity contribution >= 4 is 16.9 Å². The topological polar surface area (TPSA) is 279 Å². The van der Waals surface area contributed by atoms with Crippen molar-refractivity contribution in [1.29, 1.82) is 0 Å². The van der Waals surface area contributed by atoms with Crippen molar-refractivity contribution in [2.45, 2.75) is 30.7 Å². The number of ether oxygens (including phenoxy) is 3. The molecule has 0 aliphatic carbocycles. The number of carbonyl (C=O) groups is 1. The number of hydrogen-bond donors (Lipinski definition) is 11. The number of phenols is 8. The summed E-state index contributed by atoms with van der Waals surface area (Å²) in [5.41, 5.74) is -0.750. The second-order valence-corrected chi connectivity index (χ2v) is 9.74. The molecule has 0 radical (unpaired) electrons. The first-order chi connectivity index (χ1) is 20.8. The van der Waals surface area contributed by atoms with Crippen LogP contribution in [0.15, 0.2) is 46.9 Å². The van der Waals surface area contributed by atoms with Crippen LogP contribution >= 0.6 is 0 Å². The van der Waals surface area contributed by atoms with Crippen molar-refractivity contribution in [2.24, 2.45) is 0 Å². The Morgan fingerprint density at radius 3 is 1.95 bits per heavy atom. The Morgan fingerprint density at radius 2 is 1.36 bits per heavy atom. The van der Waals surface area contributed by atoms with Crippen LogP contribution < -0.4 is 4.74 Å². The van der Waals surface area contributed by atoms with Crippen LogP contribution in [0.2, 0.25) is 0 Å². The highest BCUT2D eigenvalue weighted by Crippen LogP contribution is 2.45. The van der Waals surface area contributed by atoms with Gasteiger partial charge in [0.2, 0.25) is 12.0 Å². The van der Waals surface area contributed by atoms with Crippen LogP contribution in [0.3, 0.4) is 0 Å². The van der Waals surface area contributed by atoms with Crippen molar-refractivity contribution in [3.8, 4) is 63.1 Å². The maximum atomic E-state index is 12.9. The molecule has 0 amide bonds. The lowest BCUT2D eigenvalue weighted by molar-refractivity contribution is -0.276. The standard InChI is InChI=1S/C28H24O16/c29-8-20-23(38)24(39)26(44-27(40)10-3-16(34)22(37)17(35)4-10)28(43-20)42-19-7-12-13(31)5-11(30)6-18(12)41-25(19)9-1-14(32)21(36)15(33)2-9/h1-7,20,23-24,26,28-29,38-39H,8H2,(H7-,30,31,32,33,34,35,36,37,40)/p+1/t20?,23-,24?,26+,28-/m0/s1. The van der Waals surface area contributed by atoms with Crippen molar-refractivity contribution < 1.29 is 79.6 Å². The monoisotopic (exact) mass is 617 g/mol. The first-order valence-electron chi connectivity index (χ1n) is 12.6. The minimum Gasteiger partial charge on any atom is -0.507 e. The Kier molecular flexibility index (Phi) is 7.75. The number of phenolic OH excluding ortho intramolecular Hbond substituents is 8. The maximum absolute atomic E-state index is 12.9. The van der Waals surface area contributed by atoms with E-state index in [0.29, 0.717) is 0 Å². The fourth-order valence-electron chi connectivity index (χ4n) is 4.52. The molecule has 0 saturated carbocycles. The Labute approximate surface area is 245 Å². The molecule has 1 aliphatic heterocycles. The third-order valence-corrected chi connectivity index (χ3v) is 6.76. The van der Waals surface area contributed by atoms with Crippen molar-refractivity contribution in [1.82, 2.24) is 0 Å². The zero-order valence-electron chi connectivity index (χ0n) is 22.1. The fourth-order valence-corrected chi connectivity index (χ4v) is 4.52. The molecule has 5 rings (SSSR count). The molecule has 44 heavy (non-hydrogen) atoms. The van der Waals surface area contributed by atoms with Crippen LogP contribution in [0.25, 0.3) is 22.3 Å². The van der Waals surface area contributed by atoms with E-state index in [1.54, 1.807) is 0 Å². The summed E-state index contributed by atoms with van der Waals surface area (Å²) in [5.74, 6) is -7.95. The van der Waals surface area contributed by atoms with E-state index in [1.165, 1.54) is 0 Å². The summed E-state index contributed by atoms with van der Waals surface area (Å²) in [5, 5.41) is 111. The van der Waals surface area contributed by atoms with Crippen molar-refractivity contribution in [3.63, 3.8) is 0 Å². The number of aromatic hydroxyl groups is 8. The van der Waals surface area contributed by atoms with Crippen LogP contribution in [0.1, 0.15) is 10.4 Å². The van der Waals surface area contributed by atoms with Gasteiger partial charge in [0.15, 0.2) is 40.6 Å². The van der Waals surface area contributed by atoms with E-state index in [4.69, 9.17) is 18.6 Å². The predicted octanol–water partition coefficient (Wildman–Crippen LogP) is 1.07. The highest BCUT2D eigenvalue weighted by Gasteiger charge is 2.49. The maximum Gasteiger partial charge on any atom is 0.402 e. The van der Waals surface area contributed by atoms with Gasteiger partial charge in [-0.2, -0.15) is 0 Å². The molecule has 2 unspecified atom stereocenters. The molecule has 1 saturated heterocycles. The lowest BCUT2D eigenvalue weighted by Gasteiger charge is -2.41. The van der Waals surface area contributed by atoms with Crippen LogP contribution in [0, 0.1) is 0 Å². The summed E-state index contributed by atoms with van der Waals surface area (Å²) in [7, 11) is 0. The average molecular weight is 617 g/mol. The number of benzene rings is 3. The molecular weight excluding hydrogens is 592 g/mol. The number of aliphatic hydroxyl groups is 3. The second-order valence-electron chi connectivity index (χ2n) is 9.74. The highest BCUT2D eigenvalue weighted by atomic mass is 16.7. The predicted molar refractivity (Wildman–Crippen MR) is 143 cm³/mol. The number of hydrogen-bond acceptors (Lipinski definition) is 15. The number of esters is 1. The number of carbonyl (C=O) groups excluding carboxylic acids is 1. The molecule has 4 aromatic rings. The first-order valence-corrected chi connectivity index (χ1v) is 12.6. The molecule has 3 aromatic carbocycles. The van der Waals surface area contributed by atoms with Gasteiger partial charge in [-0.05, 0) is 12.1 Å². The SMILES string of the molecule is O=C(O[C@@H]1C(O)[C@@H](O)C(CO)O[C@@H]1Oc1cc2c(O)cc(O)cc2[o+]c1-c1cc(O)c(O)c(O)c1)c1cc(O)c(O)c(O)c1. The molecule has 1 aliphatic rings. The van der Waals surface area contributed by atoms with Crippen LogP contribution in [0.5, 0.6) is 51.7 Å². The number of aliphatic hydroxyl groups excluding tert-OH is 3. The number of rotatable bonds is 6. The van der Waals surface area contributed by atoms with Gasteiger partial charge < -0.3 is 70.4 Å².